The van der Waals surface area contributed by atoms with Crippen molar-refractivity contribution >= 4 is 11.4 Å². The van der Waals surface area contributed by atoms with Gasteiger partial charge in [-0.15, -0.1) is 0 Å². The van der Waals surface area contributed by atoms with E-state index in [0.29, 0.717) is 24.3 Å². The predicted octanol–water partition coefficient (Wildman–Crippen LogP) is 4.55. The third-order valence-electron chi connectivity index (χ3n) is 3.50. The first kappa shape index (κ1) is 15.8. The van der Waals surface area contributed by atoms with Crippen LogP contribution >= 0.6 is 0 Å². The number of hydrogen-bond acceptors (Lipinski definition) is 4. The lowest BCUT2D eigenvalue weighted by Gasteiger charge is -2.07. The van der Waals surface area contributed by atoms with Crippen molar-refractivity contribution in [1.82, 2.24) is 0 Å². The molecule has 2 aromatic carbocycles. The van der Waals surface area contributed by atoms with Crippen LogP contribution in [0, 0.1) is 0 Å². The fourth-order valence-corrected chi connectivity index (χ4v) is 2.34. The number of benzene rings is 2. The summed E-state index contributed by atoms with van der Waals surface area (Å²) in [5, 5.41) is 24.9. The Hall–Kier alpha value is -2.62. The van der Waals surface area contributed by atoms with Crippen molar-refractivity contribution < 1.29 is 10.4 Å². The summed E-state index contributed by atoms with van der Waals surface area (Å²) in [6, 6.07) is 17.9. The second-order valence-corrected chi connectivity index (χ2v) is 5.08. The summed E-state index contributed by atoms with van der Waals surface area (Å²) in [6.07, 6.45) is 1.90. The van der Waals surface area contributed by atoms with Gasteiger partial charge in [0.05, 0.1) is 11.4 Å². The molecule has 0 saturated carbocycles. The van der Waals surface area contributed by atoms with Crippen LogP contribution in [0.5, 0.6) is 0 Å². The molecule has 0 unspecified atom stereocenters. The number of oxime groups is 2. The molecule has 0 aliphatic heterocycles. The molecule has 0 aromatic heterocycles. The lowest BCUT2D eigenvalue weighted by atomic mass is 9.99. The van der Waals surface area contributed by atoms with Gasteiger partial charge in [0.15, 0.2) is 0 Å². The van der Waals surface area contributed by atoms with Crippen LogP contribution in [0.2, 0.25) is 0 Å². The van der Waals surface area contributed by atoms with Crippen molar-refractivity contribution in [3.8, 4) is 11.1 Å². The molecule has 0 bridgehead atoms. The van der Waals surface area contributed by atoms with E-state index in [-0.39, 0.29) is 0 Å². The minimum atomic E-state index is 0.339. The zero-order chi connectivity index (χ0) is 15.8. The average Bonchev–Trinajstić information content (AvgIpc) is 2.59. The summed E-state index contributed by atoms with van der Waals surface area (Å²) in [7, 11) is 0. The highest BCUT2D eigenvalue weighted by Gasteiger charge is 2.10. The first-order valence-electron chi connectivity index (χ1n) is 7.35. The highest BCUT2D eigenvalue weighted by Crippen LogP contribution is 2.20. The van der Waals surface area contributed by atoms with E-state index in [1.54, 1.807) is 0 Å². The van der Waals surface area contributed by atoms with Crippen LogP contribution in [-0.2, 0) is 0 Å². The Labute approximate surface area is 130 Å². The molecule has 2 rings (SSSR count). The normalized spacial score (nSPS) is 12.4. The molecule has 2 N–H and O–H groups in total. The second kappa shape index (κ2) is 7.98. The summed E-state index contributed by atoms with van der Waals surface area (Å²) in [5.74, 6) is 0. The van der Waals surface area contributed by atoms with Gasteiger partial charge in [0.1, 0.15) is 0 Å². The molecule has 0 atom stereocenters. The van der Waals surface area contributed by atoms with Crippen molar-refractivity contribution in [2.75, 3.05) is 0 Å². The SMILES string of the molecule is CCCC(CC(=NO)c1ccc(-c2ccccc2)cc1)=NO. The molecule has 0 spiro atoms. The average molecular weight is 296 g/mol. The Morgan fingerprint density at radius 2 is 1.50 bits per heavy atom. The highest BCUT2D eigenvalue weighted by atomic mass is 16.4. The van der Waals surface area contributed by atoms with E-state index in [2.05, 4.69) is 10.3 Å². The molecule has 0 radical (unpaired) electrons. The first-order chi connectivity index (χ1) is 10.8. The van der Waals surface area contributed by atoms with Gasteiger partial charge >= 0.3 is 0 Å². The van der Waals surface area contributed by atoms with E-state index in [1.807, 2.05) is 61.5 Å². The van der Waals surface area contributed by atoms with Crippen molar-refractivity contribution in [2.24, 2.45) is 10.3 Å². The molecule has 0 saturated heterocycles. The van der Waals surface area contributed by atoms with Crippen LogP contribution in [0.1, 0.15) is 31.7 Å². The van der Waals surface area contributed by atoms with Crippen LogP contribution in [0.3, 0.4) is 0 Å². The van der Waals surface area contributed by atoms with Crippen LogP contribution in [0.25, 0.3) is 11.1 Å². The van der Waals surface area contributed by atoms with Gasteiger partial charge in [0.2, 0.25) is 0 Å². The van der Waals surface area contributed by atoms with Crippen molar-refractivity contribution in [1.29, 1.82) is 0 Å². The van der Waals surface area contributed by atoms with Gasteiger partial charge in [-0.25, -0.2) is 0 Å². The van der Waals surface area contributed by atoms with Crippen LogP contribution in [0.4, 0.5) is 0 Å². The zero-order valence-corrected chi connectivity index (χ0v) is 12.6. The molecule has 22 heavy (non-hydrogen) atoms. The minimum Gasteiger partial charge on any atom is -0.411 e. The van der Waals surface area contributed by atoms with Gasteiger partial charge in [-0.2, -0.15) is 0 Å². The number of nitrogens with zero attached hydrogens (tertiary/aromatic N) is 2. The molecule has 0 aliphatic carbocycles. The van der Waals surface area contributed by atoms with E-state index >= 15 is 0 Å². The molecule has 0 fully saturated rings. The monoisotopic (exact) mass is 296 g/mol. The standard InChI is InChI=1S/C18H20N2O2/c1-2-6-17(19-21)13-18(20-22)16-11-9-15(10-12-16)14-7-4-3-5-8-14/h3-5,7-12,21-22H,2,6,13H2,1H3. The first-order valence-corrected chi connectivity index (χ1v) is 7.35. The predicted molar refractivity (Wildman–Crippen MR) is 88.9 cm³/mol. The van der Waals surface area contributed by atoms with E-state index in [9.17, 15) is 5.21 Å². The van der Waals surface area contributed by atoms with Gasteiger partial charge in [-0.1, -0.05) is 78.3 Å². The number of hydrogen-bond donors (Lipinski definition) is 2. The molecule has 0 heterocycles. The Kier molecular flexibility index (Phi) is 5.72. The van der Waals surface area contributed by atoms with E-state index in [4.69, 9.17) is 5.21 Å². The van der Waals surface area contributed by atoms with E-state index in [0.717, 1.165) is 23.1 Å². The van der Waals surface area contributed by atoms with Gasteiger partial charge in [0.25, 0.3) is 0 Å². The Bertz CT molecular complexity index is 647. The summed E-state index contributed by atoms with van der Waals surface area (Å²) in [6.45, 7) is 2.01. The zero-order valence-electron chi connectivity index (χ0n) is 12.6. The third-order valence-corrected chi connectivity index (χ3v) is 3.50. The summed E-state index contributed by atoms with van der Waals surface area (Å²) in [4.78, 5) is 0. The second-order valence-electron chi connectivity index (χ2n) is 5.08. The fourth-order valence-electron chi connectivity index (χ4n) is 2.34. The molecule has 4 nitrogen and oxygen atoms in total. The lowest BCUT2D eigenvalue weighted by molar-refractivity contribution is 0.314. The van der Waals surface area contributed by atoms with Crippen molar-refractivity contribution in [3.63, 3.8) is 0 Å². The molecular weight excluding hydrogens is 276 g/mol. The third kappa shape index (κ3) is 3.95. The van der Waals surface area contributed by atoms with Crippen LogP contribution in [0.15, 0.2) is 64.9 Å². The molecule has 2 aromatic rings. The molecule has 0 aliphatic rings. The Morgan fingerprint density at radius 3 is 2.05 bits per heavy atom. The molecule has 4 heteroatoms. The summed E-state index contributed by atoms with van der Waals surface area (Å²) < 4.78 is 0. The minimum absolute atomic E-state index is 0.339. The largest absolute Gasteiger partial charge is 0.411 e. The molecule has 0 amide bonds. The number of rotatable bonds is 6. The van der Waals surface area contributed by atoms with Gasteiger partial charge in [0, 0.05) is 6.42 Å². The van der Waals surface area contributed by atoms with Crippen molar-refractivity contribution in [3.05, 3.63) is 60.2 Å². The van der Waals surface area contributed by atoms with Crippen LogP contribution in [-0.4, -0.2) is 21.8 Å². The summed E-state index contributed by atoms with van der Waals surface area (Å²) >= 11 is 0. The van der Waals surface area contributed by atoms with E-state index in [1.165, 1.54) is 0 Å². The smallest absolute Gasteiger partial charge is 0.0925 e. The van der Waals surface area contributed by atoms with Crippen molar-refractivity contribution in [2.45, 2.75) is 26.2 Å². The Balaban J connectivity index is 2.18. The lowest BCUT2D eigenvalue weighted by Crippen LogP contribution is -2.09. The molecular formula is C18H20N2O2. The molecule has 114 valence electrons. The summed E-state index contributed by atoms with van der Waals surface area (Å²) in [5.41, 5.74) is 4.18. The van der Waals surface area contributed by atoms with Gasteiger partial charge < -0.3 is 10.4 Å². The van der Waals surface area contributed by atoms with Crippen LogP contribution < -0.4 is 0 Å². The fraction of sp³-hybridized carbons (Fsp3) is 0.222. The Morgan fingerprint density at radius 1 is 0.864 bits per heavy atom. The van der Waals surface area contributed by atoms with Gasteiger partial charge in [-0.3, -0.25) is 0 Å². The quantitative estimate of drug-likeness (QED) is 0.466. The maximum Gasteiger partial charge on any atom is 0.0925 e. The topological polar surface area (TPSA) is 65.2 Å². The van der Waals surface area contributed by atoms with Gasteiger partial charge in [-0.05, 0) is 23.1 Å². The maximum absolute atomic E-state index is 9.23. The maximum atomic E-state index is 9.23. The highest BCUT2D eigenvalue weighted by molar-refractivity contribution is 6.12. The van der Waals surface area contributed by atoms with E-state index < -0.39 is 0 Å².